The average Bonchev–Trinajstić information content (AvgIpc) is 3.99. The predicted molar refractivity (Wildman–Crippen MR) is 316 cm³/mol. The minimum Gasteiger partial charge on any atom is -0.336 e. The first-order valence-corrected chi connectivity index (χ1v) is 33.3. The number of nitrogens with zero attached hydrogens (tertiary/aromatic N) is 5. The summed E-state index contributed by atoms with van der Waals surface area (Å²) in [6, 6.07) is 0.992. The number of hydrogen-bond donors (Lipinski definition) is 0. The normalized spacial score (nSPS) is 16.1. The number of carbonyl (C=O) groups is 1. The van der Waals surface area contributed by atoms with E-state index in [1.54, 1.807) is 0 Å². The summed E-state index contributed by atoms with van der Waals surface area (Å²) in [6.45, 7) is 25.3. The minimum absolute atomic E-state index is 0.426. The zero-order chi connectivity index (χ0) is 50.9. The highest BCUT2D eigenvalue weighted by molar-refractivity contribution is 5.79. The molecule has 2 rings (SSSR count). The van der Waals surface area contributed by atoms with Crippen LogP contribution in [-0.4, -0.2) is 121 Å². The van der Waals surface area contributed by atoms with E-state index in [2.05, 4.69) is 59.1 Å². The first-order valence-electron chi connectivity index (χ1n) is 33.3. The Morgan fingerprint density at radius 3 is 0.859 bits per heavy atom. The second-order valence-electron chi connectivity index (χ2n) is 23.8. The van der Waals surface area contributed by atoms with Crippen LogP contribution in [0.4, 0.5) is 0 Å². The van der Waals surface area contributed by atoms with Gasteiger partial charge in [0, 0.05) is 51.4 Å². The van der Waals surface area contributed by atoms with Crippen molar-refractivity contribution in [2.45, 2.75) is 336 Å². The number of unbranched alkanes of at least 4 members (excludes halogenated alkanes) is 39. The summed E-state index contributed by atoms with van der Waals surface area (Å²) in [5.74, 6) is 0.426. The van der Waals surface area contributed by atoms with E-state index in [1.165, 1.54) is 335 Å². The van der Waals surface area contributed by atoms with Crippen LogP contribution in [0.15, 0.2) is 0 Å². The van der Waals surface area contributed by atoms with Crippen molar-refractivity contribution in [3.8, 4) is 0 Å². The van der Waals surface area contributed by atoms with Crippen LogP contribution in [0.1, 0.15) is 324 Å². The predicted octanol–water partition coefficient (Wildman–Crippen LogP) is 18.4. The van der Waals surface area contributed by atoms with Gasteiger partial charge in [-0.2, -0.15) is 0 Å². The van der Waals surface area contributed by atoms with Crippen LogP contribution in [0.25, 0.3) is 0 Å². The summed E-state index contributed by atoms with van der Waals surface area (Å²) in [4.78, 5) is 27.6. The van der Waals surface area contributed by atoms with Crippen molar-refractivity contribution in [3.63, 3.8) is 0 Å². The lowest BCUT2D eigenvalue weighted by Gasteiger charge is -2.36. The van der Waals surface area contributed by atoms with Crippen LogP contribution in [0.3, 0.4) is 0 Å². The third-order valence-electron chi connectivity index (χ3n) is 17.1. The number of carbonyl (C=O) groups excluding carboxylic acids is 1. The van der Waals surface area contributed by atoms with E-state index in [0.717, 1.165) is 26.2 Å². The van der Waals surface area contributed by atoms with Gasteiger partial charge in [-0.05, 0) is 71.2 Å². The Bertz CT molecular complexity index is 1060. The third-order valence-corrected chi connectivity index (χ3v) is 17.1. The molecule has 1 amide bonds. The molecular weight excluding hydrogens is 867 g/mol. The third kappa shape index (κ3) is 37.7. The van der Waals surface area contributed by atoms with E-state index in [9.17, 15) is 4.79 Å². The lowest BCUT2D eigenvalue weighted by Crippen LogP contribution is -2.52. The molecule has 2 aliphatic rings. The fraction of sp³-hybridized carbons (Fsp3) is 0.985. The molecule has 422 valence electrons. The van der Waals surface area contributed by atoms with Crippen LogP contribution in [0, 0.1) is 0 Å². The zero-order valence-corrected chi connectivity index (χ0v) is 49.6. The molecule has 2 unspecified atom stereocenters. The van der Waals surface area contributed by atoms with Gasteiger partial charge in [-0.3, -0.25) is 14.6 Å². The summed E-state index contributed by atoms with van der Waals surface area (Å²) >= 11 is 0. The minimum atomic E-state index is 0.426. The molecule has 2 heterocycles. The molecule has 6 heteroatoms. The molecule has 2 fully saturated rings. The number of fused-ring (bicyclic) bond motifs is 2. The number of amides is 1. The fourth-order valence-corrected chi connectivity index (χ4v) is 12.2. The van der Waals surface area contributed by atoms with Crippen molar-refractivity contribution >= 4 is 5.91 Å². The lowest BCUT2D eigenvalue weighted by atomic mass is 10.1. The SMILES string of the molecule is CCCCCCCCCCCCN(CCCCCCCCCCCC)CCN(CCCCCCCCCCCC)CCN1CC2CC1CN2C(=O)CN(CCCCCCCCC)CCCCCCCCC. The molecule has 0 aromatic rings. The molecule has 6 nitrogen and oxygen atoms in total. The second kappa shape index (κ2) is 50.1. The van der Waals surface area contributed by atoms with Gasteiger partial charge in [-0.25, -0.2) is 0 Å². The van der Waals surface area contributed by atoms with Crippen molar-refractivity contribution < 1.29 is 4.79 Å². The molecule has 0 aliphatic carbocycles. The van der Waals surface area contributed by atoms with E-state index in [4.69, 9.17) is 0 Å². The monoisotopic (exact) mass is 998 g/mol. The van der Waals surface area contributed by atoms with Crippen molar-refractivity contribution in [1.82, 2.24) is 24.5 Å². The Morgan fingerprint density at radius 1 is 0.310 bits per heavy atom. The van der Waals surface area contributed by atoms with Crippen LogP contribution < -0.4 is 0 Å². The van der Waals surface area contributed by atoms with Gasteiger partial charge in [-0.1, -0.05) is 285 Å². The molecule has 0 aromatic heterocycles. The van der Waals surface area contributed by atoms with Crippen LogP contribution in [0.2, 0.25) is 0 Å². The Morgan fingerprint density at radius 2 is 0.577 bits per heavy atom. The van der Waals surface area contributed by atoms with Gasteiger partial charge in [0.1, 0.15) is 0 Å². The number of hydrogen-bond acceptors (Lipinski definition) is 5. The molecule has 0 saturated carbocycles. The van der Waals surface area contributed by atoms with Crippen LogP contribution in [-0.2, 0) is 4.79 Å². The quantitative estimate of drug-likeness (QED) is 0.0567. The number of piperazine rings is 1. The first-order chi connectivity index (χ1) is 35.1. The Balaban J connectivity index is 1.94. The molecule has 2 atom stereocenters. The van der Waals surface area contributed by atoms with Crippen molar-refractivity contribution in [3.05, 3.63) is 0 Å². The Kier molecular flexibility index (Phi) is 46.9. The summed E-state index contributed by atoms with van der Waals surface area (Å²) in [6.07, 6.45) is 62.6. The fourth-order valence-electron chi connectivity index (χ4n) is 12.2. The maximum Gasteiger partial charge on any atom is 0.237 e. The van der Waals surface area contributed by atoms with E-state index in [-0.39, 0.29) is 0 Å². The van der Waals surface area contributed by atoms with Crippen LogP contribution >= 0.6 is 0 Å². The standard InChI is InChI=1S/C65H131N5O/c1-6-11-16-21-26-29-32-37-40-45-50-66(51-46-41-38-33-30-27-22-17-12-7-2)55-56-67(52-47-42-39-34-31-28-23-18-13-8-3)57-58-69-60-64-59-63(69)61-70(64)65(71)62-68(53-48-43-35-24-19-14-9-4)54-49-44-36-25-20-15-10-5/h63-64H,6-62H2,1-5H3. The van der Waals surface area contributed by atoms with Crippen molar-refractivity contribution in [1.29, 1.82) is 0 Å². The van der Waals surface area contributed by atoms with Gasteiger partial charge in [0.15, 0.2) is 0 Å². The molecule has 0 radical (unpaired) electrons. The average molecular weight is 999 g/mol. The second-order valence-corrected chi connectivity index (χ2v) is 23.8. The maximum absolute atomic E-state index is 14.1. The summed E-state index contributed by atoms with van der Waals surface area (Å²) in [5.41, 5.74) is 0. The summed E-state index contributed by atoms with van der Waals surface area (Å²) < 4.78 is 0. The summed E-state index contributed by atoms with van der Waals surface area (Å²) in [7, 11) is 0. The first kappa shape index (κ1) is 66.4. The van der Waals surface area contributed by atoms with Crippen LogP contribution in [0.5, 0.6) is 0 Å². The highest BCUT2D eigenvalue weighted by Crippen LogP contribution is 2.31. The number of likely N-dealkylation sites (tertiary alicyclic amines) is 2. The molecule has 2 bridgehead atoms. The topological polar surface area (TPSA) is 33.3 Å². The highest BCUT2D eigenvalue weighted by atomic mass is 16.2. The van der Waals surface area contributed by atoms with Gasteiger partial charge in [0.25, 0.3) is 0 Å². The lowest BCUT2D eigenvalue weighted by molar-refractivity contribution is -0.134. The molecule has 2 aliphatic heterocycles. The highest BCUT2D eigenvalue weighted by Gasteiger charge is 2.45. The van der Waals surface area contributed by atoms with E-state index < -0.39 is 0 Å². The molecule has 71 heavy (non-hydrogen) atoms. The van der Waals surface area contributed by atoms with Gasteiger partial charge < -0.3 is 14.7 Å². The van der Waals surface area contributed by atoms with Gasteiger partial charge in [0.05, 0.1) is 6.54 Å². The van der Waals surface area contributed by atoms with Crippen molar-refractivity contribution in [2.75, 3.05) is 78.5 Å². The Hall–Kier alpha value is -0.690. The Labute approximate surface area is 447 Å². The number of rotatable bonds is 57. The molecule has 2 saturated heterocycles. The van der Waals surface area contributed by atoms with E-state index in [0.29, 0.717) is 24.5 Å². The molecule has 0 spiro atoms. The van der Waals surface area contributed by atoms with Crippen molar-refractivity contribution in [2.24, 2.45) is 0 Å². The summed E-state index contributed by atoms with van der Waals surface area (Å²) in [5, 5.41) is 0. The maximum atomic E-state index is 14.1. The smallest absolute Gasteiger partial charge is 0.237 e. The van der Waals surface area contributed by atoms with Gasteiger partial charge in [0.2, 0.25) is 5.91 Å². The van der Waals surface area contributed by atoms with Gasteiger partial charge in [-0.15, -0.1) is 0 Å². The van der Waals surface area contributed by atoms with E-state index >= 15 is 0 Å². The zero-order valence-electron chi connectivity index (χ0n) is 49.6. The van der Waals surface area contributed by atoms with Gasteiger partial charge >= 0.3 is 0 Å². The largest absolute Gasteiger partial charge is 0.336 e. The molecular formula is C65H131N5O. The molecule has 0 aromatic carbocycles. The molecule has 0 N–H and O–H groups in total. The van der Waals surface area contributed by atoms with E-state index in [1.807, 2.05) is 0 Å².